The Labute approximate surface area is 152 Å². The summed E-state index contributed by atoms with van der Waals surface area (Å²) < 4.78 is 5.53. The second kappa shape index (κ2) is 7.86. The van der Waals surface area contributed by atoms with E-state index in [4.69, 9.17) is 4.74 Å². The summed E-state index contributed by atoms with van der Waals surface area (Å²) in [7, 11) is 0. The highest BCUT2D eigenvalue weighted by molar-refractivity contribution is 6.09. The first-order valence-corrected chi connectivity index (χ1v) is 8.17. The molecular formula is C19H23N3O4. The van der Waals surface area contributed by atoms with E-state index in [2.05, 4.69) is 23.8 Å². The van der Waals surface area contributed by atoms with Crippen LogP contribution in [0.2, 0.25) is 0 Å². The van der Waals surface area contributed by atoms with Gasteiger partial charge in [-0.05, 0) is 37.1 Å². The van der Waals surface area contributed by atoms with Crippen molar-refractivity contribution in [2.24, 2.45) is 0 Å². The third-order valence-corrected chi connectivity index (χ3v) is 3.94. The van der Waals surface area contributed by atoms with Crippen molar-refractivity contribution in [3.63, 3.8) is 0 Å². The molecule has 1 saturated heterocycles. The van der Waals surface area contributed by atoms with Crippen LogP contribution in [0, 0.1) is 0 Å². The zero-order valence-corrected chi connectivity index (χ0v) is 15.0. The van der Waals surface area contributed by atoms with E-state index in [0.717, 1.165) is 10.5 Å². The summed E-state index contributed by atoms with van der Waals surface area (Å²) in [5.41, 5.74) is 0.264. The Morgan fingerprint density at radius 2 is 2.00 bits per heavy atom. The molecule has 2 N–H and O–H groups in total. The Bertz CT molecular complexity index is 742. The van der Waals surface area contributed by atoms with Gasteiger partial charge in [0.25, 0.3) is 5.91 Å². The molecule has 0 radical (unpaired) electrons. The van der Waals surface area contributed by atoms with E-state index in [-0.39, 0.29) is 13.1 Å². The Hall–Kier alpha value is -3.09. The fourth-order valence-electron chi connectivity index (χ4n) is 2.51. The van der Waals surface area contributed by atoms with E-state index in [0.29, 0.717) is 17.9 Å². The zero-order valence-electron chi connectivity index (χ0n) is 15.0. The van der Waals surface area contributed by atoms with E-state index < -0.39 is 23.4 Å². The highest BCUT2D eigenvalue weighted by atomic mass is 16.5. The smallest absolute Gasteiger partial charge is 0.325 e. The minimum atomic E-state index is -1.23. The summed E-state index contributed by atoms with van der Waals surface area (Å²) in [6.45, 7) is 11.1. The summed E-state index contributed by atoms with van der Waals surface area (Å²) in [4.78, 5) is 37.7. The van der Waals surface area contributed by atoms with Gasteiger partial charge < -0.3 is 15.4 Å². The third-order valence-electron chi connectivity index (χ3n) is 3.94. The zero-order chi connectivity index (χ0) is 19.3. The van der Waals surface area contributed by atoms with Gasteiger partial charge >= 0.3 is 6.03 Å². The normalized spacial score (nSPS) is 19.1. The number of imide groups is 1. The lowest BCUT2D eigenvalue weighted by molar-refractivity contribution is -0.134. The first-order valence-electron chi connectivity index (χ1n) is 8.17. The van der Waals surface area contributed by atoms with Crippen molar-refractivity contribution in [1.82, 2.24) is 15.5 Å². The number of hydrogen-bond acceptors (Lipinski definition) is 4. The molecule has 2 rings (SSSR count). The molecule has 0 bridgehead atoms. The molecule has 1 heterocycles. The first-order chi connectivity index (χ1) is 12.3. The van der Waals surface area contributed by atoms with Crippen molar-refractivity contribution < 1.29 is 19.1 Å². The van der Waals surface area contributed by atoms with Crippen molar-refractivity contribution in [2.45, 2.75) is 19.4 Å². The highest BCUT2D eigenvalue weighted by Crippen LogP contribution is 2.30. The average Bonchev–Trinajstić information content (AvgIpc) is 2.82. The predicted molar refractivity (Wildman–Crippen MR) is 97.6 cm³/mol. The molecule has 0 aromatic heterocycles. The van der Waals surface area contributed by atoms with Gasteiger partial charge in [-0.3, -0.25) is 14.5 Å². The summed E-state index contributed by atoms with van der Waals surface area (Å²) in [5, 5.41) is 5.20. The van der Waals surface area contributed by atoms with Gasteiger partial charge in [-0.2, -0.15) is 0 Å². The number of amides is 4. The second-order valence-electron chi connectivity index (χ2n) is 6.31. The van der Waals surface area contributed by atoms with Crippen LogP contribution in [0.4, 0.5) is 4.79 Å². The SMILES string of the molecule is C=CCNC(=O)CN1C(=O)NC(C)(c2ccc(OCC(=C)C)cc2)C1=O. The molecule has 26 heavy (non-hydrogen) atoms. The van der Waals surface area contributed by atoms with E-state index in [9.17, 15) is 14.4 Å². The predicted octanol–water partition coefficient (Wildman–Crippen LogP) is 1.71. The van der Waals surface area contributed by atoms with Crippen LogP contribution in [0.25, 0.3) is 0 Å². The Balaban J connectivity index is 2.12. The summed E-state index contributed by atoms with van der Waals surface area (Å²) in [5.74, 6) is -0.272. The topological polar surface area (TPSA) is 87.7 Å². The largest absolute Gasteiger partial charge is 0.489 e. The molecule has 1 aromatic carbocycles. The van der Waals surface area contributed by atoms with Crippen LogP contribution in [0.3, 0.4) is 0 Å². The van der Waals surface area contributed by atoms with Crippen molar-refractivity contribution in [3.8, 4) is 5.75 Å². The van der Waals surface area contributed by atoms with Crippen LogP contribution in [-0.4, -0.2) is 42.4 Å². The van der Waals surface area contributed by atoms with Crippen LogP contribution in [0.1, 0.15) is 19.4 Å². The number of carbonyl (C=O) groups is 3. The van der Waals surface area contributed by atoms with E-state index in [1.165, 1.54) is 6.08 Å². The maximum Gasteiger partial charge on any atom is 0.325 e. The molecule has 4 amide bonds. The van der Waals surface area contributed by atoms with Crippen molar-refractivity contribution >= 4 is 17.8 Å². The van der Waals surface area contributed by atoms with Crippen LogP contribution >= 0.6 is 0 Å². The second-order valence-corrected chi connectivity index (χ2v) is 6.31. The maximum atomic E-state index is 12.7. The molecule has 1 aromatic rings. The van der Waals surface area contributed by atoms with Gasteiger partial charge in [0, 0.05) is 6.54 Å². The molecule has 1 atom stereocenters. The average molecular weight is 357 g/mol. The van der Waals surface area contributed by atoms with E-state index >= 15 is 0 Å². The molecule has 7 nitrogen and oxygen atoms in total. The molecule has 1 aliphatic rings. The number of urea groups is 1. The van der Waals surface area contributed by atoms with Crippen LogP contribution < -0.4 is 15.4 Å². The summed E-state index contributed by atoms with van der Waals surface area (Å²) in [6.07, 6.45) is 1.52. The Kier molecular flexibility index (Phi) is 5.82. The van der Waals surface area contributed by atoms with Gasteiger partial charge in [0.05, 0.1) is 0 Å². The molecule has 138 valence electrons. The fourth-order valence-corrected chi connectivity index (χ4v) is 2.51. The van der Waals surface area contributed by atoms with E-state index in [1.54, 1.807) is 31.2 Å². The summed E-state index contributed by atoms with van der Waals surface area (Å²) in [6, 6.07) is 6.28. The van der Waals surface area contributed by atoms with Gasteiger partial charge in [-0.25, -0.2) is 4.79 Å². The molecule has 0 aliphatic carbocycles. The molecular weight excluding hydrogens is 334 g/mol. The standard InChI is InChI=1S/C19H23N3O4/c1-5-10-20-16(23)11-22-17(24)19(4,21-18(22)25)14-6-8-15(9-7-14)26-12-13(2)3/h5-9H,1-2,10-12H2,3-4H3,(H,20,23)(H,21,25). The minimum absolute atomic E-state index is 0.269. The molecule has 0 saturated carbocycles. The number of hydrogen-bond donors (Lipinski definition) is 2. The van der Waals surface area contributed by atoms with Gasteiger partial charge in [-0.15, -0.1) is 6.58 Å². The number of nitrogens with one attached hydrogen (secondary N) is 2. The molecule has 0 spiro atoms. The number of rotatable bonds is 8. The number of ether oxygens (including phenoxy) is 1. The number of carbonyl (C=O) groups excluding carboxylic acids is 3. The van der Waals surface area contributed by atoms with Gasteiger partial charge in [-0.1, -0.05) is 24.8 Å². The van der Waals surface area contributed by atoms with Crippen LogP contribution in [0.5, 0.6) is 5.75 Å². The molecule has 1 unspecified atom stereocenters. The molecule has 1 fully saturated rings. The van der Waals surface area contributed by atoms with Crippen molar-refractivity contribution in [3.05, 3.63) is 54.6 Å². The van der Waals surface area contributed by atoms with Gasteiger partial charge in [0.15, 0.2) is 0 Å². The first kappa shape index (κ1) is 19.2. The van der Waals surface area contributed by atoms with Gasteiger partial charge in [0.1, 0.15) is 24.4 Å². The molecule has 1 aliphatic heterocycles. The highest BCUT2D eigenvalue weighted by Gasteiger charge is 2.49. The maximum absolute atomic E-state index is 12.7. The van der Waals surface area contributed by atoms with Crippen LogP contribution in [0.15, 0.2) is 49.1 Å². The Morgan fingerprint density at radius 3 is 2.58 bits per heavy atom. The summed E-state index contributed by atoms with van der Waals surface area (Å²) >= 11 is 0. The number of nitrogens with zero attached hydrogens (tertiary/aromatic N) is 1. The van der Waals surface area contributed by atoms with E-state index in [1.807, 2.05) is 6.92 Å². The lowest BCUT2D eigenvalue weighted by Gasteiger charge is -2.22. The van der Waals surface area contributed by atoms with Crippen LogP contribution in [-0.2, 0) is 15.1 Å². The quantitative estimate of drug-likeness (QED) is 0.548. The monoisotopic (exact) mass is 357 g/mol. The molecule has 7 heteroatoms. The minimum Gasteiger partial charge on any atom is -0.489 e. The fraction of sp³-hybridized carbons (Fsp3) is 0.316. The van der Waals surface area contributed by atoms with Crippen molar-refractivity contribution in [2.75, 3.05) is 19.7 Å². The number of benzene rings is 1. The lowest BCUT2D eigenvalue weighted by atomic mass is 9.92. The lowest BCUT2D eigenvalue weighted by Crippen LogP contribution is -2.43. The Morgan fingerprint density at radius 1 is 1.35 bits per heavy atom. The third kappa shape index (κ3) is 4.11. The van der Waals surface area contributed by atoms with Gasteiger partial charge in [0.2, 0.25) is 5.91 Å². The van der Waals surface area contributed by atoms with Crippen molar-refractivity contribution in [1.29, 1.82) is 0 Å².